The molecular formula is C16H14FN3O4. The van der Waals surface area contributed by atoms with Gasteiger partial charge in [0.25, 0.3) is 11.8 Å². The molecule has 2 rings (SSSR count). The summed E-state index contributed by atoms with van der Waals surface area (Å²) in [6.45, 7) is -0.324. The summed E-state index contributed by atoms with van der Waals surface area (Å²) >= 11 is 0. The molecule has 0 radical (unpaired) electrons. The molecule has 0 bridgehead atoms. The van der Waals surface area contributed by atoms with Crippen molar-refractivity contribution in [3.63, 3.8) is 0 Å². The Balaban J connectivity index is 1.81. The number of phenolic OH excluding ortho intramolecular Hbond substituents is 2. The second kappa shape index (κ2) is 7.73. The monoisotopic (exact) mass is 331 g/mol. The summed E-state index contributed by atoms with van der Waals surface area (Å²) in [6.07, 6.45) is 1.19. The van der Waals surface area contributed by atoms with Crippen molar-refractivity contribution < 1.29 is 24.2 Å². The molecule has 0 spiro atoms. The maximum absolute atomic E-state index is 12.8. The van der Waals surface area contributed by atoms with E-state index in [2.05, 4.69) is 15.8 Å². The Morgan fingerprint density at radius 2 is 1.83 bits per heavy atom. The average Bonchev–Trinajstić information content (AvgIpc) is 2.55. The molecule has 24 heavy (non-hydrogen) atoms. The van der Waals surface area contributed by atoms with Crippen molar-refractivity contribution in [1.82, 2.24) is 10.7 Å². The van der Waals surface area contributed by atoms with Gasteiger partial charge in [-0.3, -0.25) is 9.59 Å². The van der Waals surface area contributed by atoms with Crippen LogP contribution in [0.4, 0.5) is 4.39 Å². The van der Waals surface area contributed by atoms with E-state index in [4.69, 9.17) is 5.11 Å². The number of aromatic hydroxyl groups is 2. The van der Waals surface area contributed by atoms with Crippen LogP contribution in [0.5, 0.6) is 11.5 Å². The van der Waals surface area contributed by atoms with Crippen LogP contribution in [0.2, 0.25) is 0 Å². The first kappa shape index (κ1) is 16.9. The zero-order valence-electron chi connectivity index (χ0n) is 12.4. The fourth-order valence-corrected chi connectivity index (χ4v) is 1.72. The number of benzene rings is 2. The number of nitrogens with one attached hydrogen (secondary N) is 2. The minimum absolute atomic E-state index is 0.0998. The molecule has 4 N–H and O–H groups in total. The molecule has 2 amide bonds. The predicted molar refractivity (Wildman–Crippen MR) is 84.2 cm³/mol. The minimum atomic E-state index is -0.583. The van der Waals surface area contributed by atoms with Crippen LogP contribution >= 0.6 is 0 Å². The van der Waals surface area contributed by atoms with Crippen LogP contribution in [0.3, 0.4) is 0 Å². The summed E-state index contributed by atoms with van der Waals surface area (Å²) in [5, 5.41) is 24.7. The van der Waals surface area contributed by atoms with Crippen molar-refractivity contribution in [2.45, 2.75) is 0 Å². The number of hydrogen-bond acceptors (Lipinski definition) is 5. The van der Waals surface area contributed by atoms with Crippen molar-refractivity contribution >= 4 is 18.0 Å². The van der Waals surface area contributed by atoms with Gasteiger partial charge in [-0.05, 0) is 36.4 Å². The fourth-order valence-electron chi connectivity index (χ4n) is 1.72. The van der Waals surface area contributed by atoms with E-state index in [-0.39, 0.29) is 23.6 Å². The number of amides is 2. The molecule has 0 aromatic heterocycles. The molecule has 0 fully saturated rings. The van der Waals surface area contributed by atoms with Gasteiger partial charge in [0.1, 0.15) is 17.3 Å². The highest BCUT2D eigenvalue weighted by Gasteiger charge is 2.07. The number of hydrogen-bond donors (Lipinski definition) is 4. The lowest BCUT2D eigenvalue weighted by atomic mass is 10.2. The van der Waals surface area contributed by atoms with Crippen molar-refractivity contribution in [3.05, 3.63) is 59.4 Å². The lowest BCUT2D eigenvalue weighted by Gasteiger charge is -2.04. The molecule has 0 saturated heterocycles. The highest BCUT2D eigenvalue weighted by atomic mass is 19.1. The van der Waals surface area contributed by atoms with Gasteiger partial charge in [-0.25, -0.2) is 9.82 Å². The number of halogens is 1. The number of nitrogens with zero attached hydrogens (tertiary/aromatic N) is 1. The Labute approximate surface area is 136 Å². The summed E-state index contributed by atoms with van der Waals surface area (Å²) in [6, 6.07) is 8.78. The molecular weight excluding hydrogens is 317 g/mol. The molecule has 0 atom stereocenters. The molecule has 8 heteroatoms. The predicted octanol–water partition coefficient (Wildman–Crippen LogP) is 1.12. The normalized spacial score (nSPS) is 10.5. The van der Waals surface area contributed by atoms with Gasteiger partial charge >= 0.3 is 0 Å². The summed E-state index contributed by atoms with van der Waals surface area (Å²) in [7, 11) is 0. The standard InChI is InChI=1S/C16H14FN3O4/c17-12-4-1-10(2-5-12)16(24)18-9-15(23)20-19-8-11-3-6-13(21)7-14(11)22/h1-8,21-22H,9H2,(H,18,24)(H,20,23)/b19-8-. The lowest BCUT2D eigenvalue weighted by Crippen LogP contribution is -2.34. The summed E-state index contributed by atoms with van der Waals surface area (Å²) in [5.41, 5.74) is 2.69. The topological polar surface area (TPSA) is 111 Å². The molecule has 7 nitrogen and oxygen atoms in total. The second-order valence-corrected chi connectivity index (χ2v) is 4.73. The molecule has 0 unspecified atom stereocenters. The van der Waals surface area contributed by atoms with Crippen LogP contribution < -0.4 is 10.7 Å². The Kier molecular flexibility index (Phi) is 5.45. The zero-order valence-corrected chi connectivity index (χ0v) is 12.4. The minimum Gasteiger partial charge on any atom is -0.508 e. The summed E-state index contributed by atoms with van der Waals surface area (Å²) in [4.78, 5) is 23.3. The second-order valence-electron chi connectivity index (χ2n) is 4.73. The van der Waals surface area contributed by atoms with Gasteiger partial charge in [-0.1, -0.05) is 0 Å². The third kappa shape index (κ3) is 4.80. The fraction of sp³-hybridized carbons (Fsp3) is 0.0625. The zero-order chi connectivity index (χ0) is 17.5. The number of hydrazone groups is 1. The Bertz CT molecular complexity index is 775. The van der Waals surface area contributed by atoms with E-state index in [9.17, 15) is 19.1 Å². The van der Waals surface area contributed by atoms with Gasteiger partial charge in [0, 0.05) is 17.2 Å². The lowest BCUT2D eigenvalue weighted by molar-refractivity contribution is -0.120. The average molecular weight is 331 g/mol. The van der Waals surface area contributed by atoms with Gasteiger partial charge < -0.3 is 15.5 Å². The molecule has 124 valence electrons. The molecule has 2 aromatic rings. The first-order valence-electron chi connectivity index (χ1n) is 6.83. The Morgan fingerprint density at radius 1 is 1.12 bits per heavy atom. The molecule has 2 aromatic carbocycles. The van der Waals surface area contributed by atoms with E-state index in [0.29, 0.717) is 5.56 Å². The SMILES string of the molecule is O=C(CNC(=O)c1ccc(F)cc1)N/N=C\c1ccc(O)cc1O. The van der Waals surface area contributed by atoms with E-state index in [1.165, 1.54) is 30.5 Å². The largest absolute Gasteiger partial charge is 0.508 e. The van der Waals surface area contributed by atoms with Crippen LogP contribution in [-0.2, 0) is 4.79 Å². The van der Waals surface area contributed by atoms with Crippen LogP contribution in [0, 0.1) is 5.82 Å². The smallest absolute Gasteiger partial charge is 0.259 e. The quantitative estimate of drug-likeness (QED) is 0.486. The highest BCUT2D eigenvalue weighted by molar-refractivity contribution is 5.96. The van der Waals surface area contributed by atoms with Gasteiger partial charge in [0.2, 0.25) is 0 Å². The van der Waals surface area contributed by atoms with Crippen molar-refractivity contribution in [2.24, 2.45) is 5.10 Å². The first-order valence-corrected chi connectivity index (χ1v) is 6.83. The number of rotatable bonds is 5. The Morgan fingerprint density at radius 3 is 2.50 bits per heavy atom. The van der Waals surface area contributed by atoms with E-state index >= 15 is 0 Å². The maximum Gasteiger partial charge on any atom is 0.259 e. The van der Waals surface area contributed by atoms with Crippen LogP contribution in [-0.4, -0.2) is 34.8 Å². The number of carbonyl (C=O) groups is 2. The van der Waals surface area contributed by atoms with E-state index in [0.717, 1.165) is 18.2 Å². The van der Waals surface area contributed by atoms with Gasteiger partial charge in [-0.15, -0.1) is 0 Å². The molecule has 0 heterocycles. The van der Waals surface area contributed by atoms with Crippen molar-refractivity contribution in [1.29, 1.82) is 0 Å². The van der Waals surface area contributed by atoms with Crippen LogP contribution in [0.15, 0.2) is 47.6 Å². The number of carbonyl (C=O) groups excluding carboxylic acids is 2. The van der Waals surface area contributed by atoms with Gasteiger partial charge in [0.15, 0.2) is 0 Å². The summed E-state index contributed by atoms with van der Waals surface area (Å²) < 4.78 is 12.8. The van der Waals surface area contributed by atoms with Gasteiger partial charge in [-0.2, -0.15) is 5.10 Å². The van der Waals surface area contributed by atoms with E-state index in [1.54, 1.807) is 0 Å². The van der Waals surface area contributed by atoms with Crippen LogP contribution in [0.25, 0.3) is 0 Å². The third-order valence-corrected chi connectivity index (χ3v) is 2.92. The third-order valence-electron chi connectivity index (χ3n) is 2.92. The van der Waals surface area contributed by atoms with Crippen LogP contribution in [0.1, 0.15) is 15.9 Å². The van der Waals surface area contributed by atoms with Crippen molar-refractivity contribution in [3.8, 4) is 11.5 Å². The first-order chi connectivity index (χ1) is 11.5. The van der Waals surface area contributed by atoms with Gasteiger partial charge in [0.05, 0.1) is 12.8 Å². The van der Waals surface area contributed by atoms with E-state index in [1.807, 2.05) is 0 Å². The van der Waals surface area contributed by atoms with E-state index < -0.39 is 17.6 Å². The molecule has 0 saturated carbocycles. The maximum atomic E-state index is 12.8. The highest BCUT2D eigenvalue weighted by Crippen LogP contribution is 2.20. The summed E-state index contributed by atoms with van der Waals surface area (Å²) in [5.74, 6) is -1.86. The number of phenols is 2. The molecule has 0 aliphatic heterocycles. The van der Waals surface area contributed by atoms with Crippen molar-refractivity contribution in [2.75, 3.05) is 6.54 Å². The molecule has 0 aliphatic rings. The molecule has 0 aliphatic carbocycles. The Hall–Kier alpha value is -3.42.